The molecule has 0 aromatic rings. The van der Waals surface area contributed by atoms with Crippen molar-refractivity contribution in [2.75, 3.05) is 13.1 Å². The minimum absolute atomic E-state index is 0.190. The Morgan fingerprint density at radius 2 is 1.64 bits per heavy atom. The van der Waals surface area contributed by atoms with Crippen LogP contribution in [0.3, 0.4) is 0 Å². The zero-order chi connectivity index (χ0) is 9.97. The van der Waals surface area contributed by atoms with Crippen LogP contribution in [0.4, 0.5) is 0 Å². The van der Waals surface area contributed by atoms with Crippen molar-refractivity contribution in [3.05, 3.63) is 0 Å². The normalized spacial score (nSPS) is 41.1. The van der Waals surface area contributed by atoms with E-state index in [0.29, 0.717) is 0 Å². The average Bonchev–Trinajstić information content (AvgIpc) is 2.23. The third-order valence-corrected chi connectivity index (χ3v) is 3.61. The number of aliphatic hydroxyl groups excluding tert-OH is 2. The minimum atomic E-state index is -0.212. The molecule has 2 rings (SSSR count). The summed E-state index contributed by atoms with van der Waals surface area (Å²) in [4.78, 5) is 2.37. The number of likely N-dealkylation sites (tertiary alicyclic amines) is 1. The van der Waals surface area contributed by atoms with Crippen molar-refractivity contribution < 1.29 is 10.2 Å². The van der Waals surface area contributed by atoms with Gasteiger partial charge in [-0.3, -0.25) is 4.90 Å². The van der Waals surface area contributed by atoms with Crippen molar-refractivity contribution in [1.29, 1.82) is 0 Å². The van der Waals surface area contributed by atoms with Crippen LogP contribution in [0.1, 0.15) is 38.5 Å². The van der Waals surface area contributed by atoms with Gasteiger partial charge < -0.3 is 10.2 Å². The van der Waals surface area contributed by atoms with Crippen molar-refractivity contribution in [1.82, 2.24) is 4.90 Å². The summed E-state index contributed by atoms with van der Waals surface area (Å²) in [5.41, 5.74) is 0. The summed E-state index contributed by atoms with van der Waals surface area (Å²) < 4.78 is 0. The smallest absolute Gasteiger partial charge is 0.0697 e. The van der Waals surface area contributed by atoms with Crippen LogP contribution in [0, 0.1) is 0 Å². The van der Waals surface area contributed by atoms with Crippen molar-refractivity contribution in [3.8, 4) is 0 Å². The molecule has 1 aliphatic carbocycles. The Morgan fingerprint density at radius 1 is 0.929 bits per heavy atom. The van der Waals surface area contributed by atoms with E-state index in [0.717, 1.165) is 32.4 Å². The topological polar surface area (TPSA) is 43.7 Å². The number of piperidine rings is 1. The lowest BCUT2D eigenvalue weighted by Crippen LogP contribution is -2.50. The predicted octanol–water partition coefficient (Wildman–Crippen LogP) is 0.747. The van der Waals surface area contributed by atoms with E-state index >= 15 is 0 Å². The van der Waals surface area contributed by atoms with Gasteiger partial charge in [0.05, 0.1) is 12.2 Å². The third kappa shape index (κ3) is 2.27. The summed E-state index contributed by atoms with van der Waals surface area (Å²) in [6.45, 7) is 2.21. The molecule has 0 radical (unpaired) electrons. The average molecular weight is 199 g/mol. The van der Waals surface area contributed by atoms with Crippen LogP contribution in [-0.4, -0.2) is 46.5 Å². The maximum Gasteiger partial charge on any atom is 0.0697 e. The molecule has 1 heterocycles. The minimum Gasteiger partial charge on any atom is -0.393 e. The van der Waals surface area contributed by atoms with Gasteiger partial charge in [-0.1, -0.05) is 6.42 Å². The summed E-state index contributed by atoms with van der Waals surface area (Å²) in [7, 11) is 0. The summed E-state index contributed by atoms with van der Waals surface area (Å²) in [6.07, 6.45) is 5.72. The van der Waals surface area contributed by atoms with E-state index in [2.05, 4.69) is 4.90 Å². The Bertz CT molecular complexity index is 180. The first-order chi connectivity index (χ1) is 6.77. The first-order valence-electron chi connectivity index (χ1n) is 5.87. The molecule has 82 valence electrons. The SMILES string of the molecule is OC1CCC(O)C(N2CCCCC2)C1. The van der Waals surface area contributed by atoms with Gasteiger partial charge in [0.2, 0.25) is 0 Å². The zero-order valence-corrected chi connectivity index (χ0v) is 8.73. The lowest BCUT2D eigenvalue weighted by atomic mass is 9.88. The van der Waals surface area contributed by atoms with Crippen LogP contribution < -0.4 is 0 Å². The second-order valence-corrected chi connectivity index (χ2v) is 4.70. The second kappa shape index (κ2) is 4.60. The first-order valence-corrected chi connectivity index (χ1v) is 5.87. The Hall–Kier alpha value is -0.120. The Kier molecular flexibility index (Phi) is 3.42. The van der Waals surface area contributed by atoms with Crippen LogP contribution in [0.5, 0.6) is 0 Å². The highest BCUT2D eigenvalue weighted by Gasteiger charge is 2.32. The lowest BCUT2D eigenvalue weighted by molar-refractivity contribution is -0.0304. The lowest BCUT2D eigenvalue weighted by Gasteiger charge is -2.41. The molecule has 3 nitrogen and oxygen atoms in total. The van der Waals surface area contributed by atoms with Gasteiger partial charge >= 0.3 is 0 Å². The Balaban J connectivity index is 1.92. The molecule has 0 aromatic heterocycles. The molecule has 0 amide bonds. The van der Waals surface area contributed by atoms with E-state index < -0.39 is 0 Å². The molecule has 3 unspecified atom stereocenters. The van der Waals surface area contributed by atoms with Gasteiger partial charge in [-0.2, -0.15) is 0 Å². The monoisotopic (exact) mass is 199 g/mol. The van der Waals surface area contributed by atoms with Crippen molar-refractivity contribution in [2.24, 2.45) is 0 Å². The molecule has 1 saturated heterocycles. The van der Waals surface area contributed by atoms with E-state index in [4.69, 9.17) is 0 Å². The molecule has 3 atom stereocenters. The van der Waals surface area contributed by atoms with Gasteiger partial charge in [0, 0.05) is 6.04 Å². The van der Waals surface area contributed by atoms with Gasteiger partial charge in [-0.25, -0.2) is 0 Å². The second-order valence-electron chi connectivity index (χ2n) is 4.70. The van der Waals surface area contributed by atoms with E-state index in [1.54, 1.807) is 0 Å². The van der Waals surface area contributed by atoms with Crippen LogP contribution in [0.2, 0.25) is 0 Å². The van der Waals surface area contributed by atoms with E-state index in [1.807, 2.05) is 0 Å². The molecule has 2 fully saturated rings. The van der Waals surface area contributed by atoms with E-state index in [1.165, 1.54) is 19.3 Å². The van der Waals surface area contributed by atoms with Crippen LogP contribution >= 0.6 is 0 Å². The van der Waals surface area contributed by atoms with Crippen molar-refractivity contribution >= 4 is 0 Å². The number of rotatable bonds is 1. The molecular weight excluding hydrogens is 178 g/mol. The first kappa shape index (κ1) is 10.4. The molecule has 14 heavy (non-hydrogen) atoms. The molecule has 0 spiro atoms. The summed E-state index contributed by atoms with van der Waals surface area (Å²) in [5.74, 6) is 0. The molecule has 2 aliphatic rings. The number of hydrogen-bond donors (Lipinski definition) is 2. The molecule has 1 saturated carbocycles. The highest BCUT2D eigenvalue weighted by Crippen LogP contribution is 2.25. The van der Waals surface area contributed by atoms with Crippen molar-refractivity contribution in [3.63, 3.8) is 0 Å². The van der Waals surface area contributed by atoms with Crippen LogP contribution in [0.25, 0.3) is 0 Å². The molecule has 2 N–H and O–H groups in total. The summed E-state index contributed by atoms with van der Waals surface area (Å²) >= 11 is 0. The number of hydrogen-bond acceptors (Lipinski definition) is 3. The quantitative estimate of drug-likeness (QED) is 0.655. The molecule has 0 bridgehead atoms. The van der Waals surface area contributed by atoms with Crippen LogP contribution in [0.15, 0.2) is 0 Å². The fourth-order valence-corrected chi connectivity index (χ4v) is 2.75. The van der Waals surface area contributed by atoms with Gasteiger partial charge in [0.15, 0.2) is 0 Å². The Labute approximate surface area is 85.7 Å². The van der Waals surface area contributed by atoms with E-state index in [-0.39, 0.29) is 18.2 Å². The van der Waals surface area contributed by atoms with Gasteiger partial charge in [-0.15, -0.1) is 0 Å². The third-order valence-electron chi connectivity index (χ3n) is 3.61. The molecule has 0 aromatic carbocycles. The van der Waals surface area contributed by atoms with Gasteiger partial charge in [0.25, 0.3) is 0 Å². The highest BCUT2D eigenvalue weighted by atomic mass is 16.3. The molecule has 1 aliphatic heterocycles. The molecule has 3 heteroatoms. The summed E-state index contributed by atoms with van der Waals surface area (Å²) in [5, 5.41) is 19.5. The van der Waals surface area contributed by atoms with Crippen molar-refractivity contribution in [2.45, 2.75) is 56.8 Å². The van der Waals surface area contributed by atoms with Crippen LogP contribution in [-0.2, 0) is 0 Å². The van der Waals surface area contributed by atoms with Gasteiger partial charge in [-0.05, 0) is 45.2 Å². The highest BCUT2D eigenvalue weighted by molar-refractivity contribution is 4.87. The summed E-state index contributed by atoms with van der Waals surface area (Å²) in [6, 6.07) is 0.221. The standard InChI is InChI=1S/C11H21NO2/c13-9-4-5-11(14)10(8-9)12-6-2-1-3-7-12/h9-11,13-14H,1-8H2. The van der Waals surface area contributed by atoms with E-state index in [9.17, 15) is 10.2 Å². The zero-order valence-electron chi connectivity index (χ0n) is 8.73. The largest absolute Gasteiger partial charge is 0.393 e. The van der Waals surface area contributed by atoms with Gasteiger partial charge in [0.1, 0.15) is 0 Å². The molecular formula is C11H21NO2. The predicted molar refractivity (Wildman–Crippen MR) is 55.1 cm³/mol. The fraction of sp³-hybridized carbons (Fsp3) is 1.00. The fourth-order valence-electron chi connectivity index (χ4n) is 2.75. The number of aliphatic hydroxyl groups is 2. The maximum absolute atomic E-state index is 9.89. The Morgan fingerprint density at radius 3 is 2.36 bits per heavy atom. The maximum atomic E-state index is 9.89. The number of nitrogens with zero attached hydrogens (tertiary/aromatic N) is 1.